The lowest BCUT2D eigenvalue weighted by Gasteiger charge is -2.36. The van der Waals surface area contributed by atoms with Crippen molar-refractivity contribution >= 4 is 51.8 Å². The van der Waals surface area contributed by atoms with Crippen molar-refractivity contribution in [2.75, 3.05) is 11.4 Å². The Balaban J connectivity index is 1.32. The van der Waals surface area contributed by atoms with Crippen LogP contribution in [0.2, 0.25) is 5.02 Å². The Kier molecular flexibility index (Phi) is 9.46. The van der Waals surface area contributed by atoms with Crippen LogP contribution in [0.4, 0.5) is 10.1 Å². The molecule has 1 spiro atoms. The number of hydrogen-bond acceptors (Lipinski definition) is 4. The number of pyridine rings is 1. The first-order valence-corrected chi connectivity index (χ1v) is 18.3. The van der Waals surface area contributed by atoms with Crippen LogP contribution in [-0.4, -0.2) is 33.1 Å². The molecule has 9 heteroatoms. The summed E-state index contributed by atoms with van der Waals surface area (Å²) >= 11 is 7.60. The highest BCUT2D eigenvalue weighted by Gasteiger charge is 2.52. The van der Waals surface area contributed by atoms with E-state index in [2.05, 4.69) is 45.7 Å². The van der Waals surface area contributed by atoms with Crippen molar-refractivity contribution in [2.24, 2.45) is 17.3 Å². The maximum absolute atomic E-state index is 15.8. The average Bonchev–Trinajstić information content (AvgIpc) is 3.72. The Morgan fingerprint density at radius 1 is 1.15 bits per heavy atom. The van der Waals surface area contributed by atoms with Gasteiger partial charge in [-0.25, -0.2) is 14.2 Å². The van der Waals surface area contributed by atoms with Crippen molar-refractivity contribution in [3.8, 4) is 0 Å². The zero-order valence-electron chi connectivity index (χ0n) is 28.7. The number of nitrogens with zero attached hydrogens (tertiary/aromatic N) is 3. The van der Waals surface area contributed by atoms with Gasteiger partial charge in [0.2, 0.25) is 5.91 Å². The van der Waals surface area contributed by atoms with Gasteiger partial charge in [0.05, 0.1) is 10.5 Å². The number of carboxylic acid groups (broad SMARTS) is 1. The lowest BCUT2D eigenvalue weighted by Crippen LogP contribution is -2.34. The molecule has 4 aromatic rings. The molecule has 0 radical (unpaired) electrons. The minimum atomic E-state index is -1.09. The Labute approximate surface area is 292 Å². The number of halogens is 2. The van der Waals surface area contributed by atoms with E-state index in [-0.39, 0.29) is 39.5 Å². The van der Waals surface area contributed by atoms with Crippen LogP contribution >= 0.6 is 23.4 Å². The predicted octanol–water partition coefficient (Wildman–Crippen LogP) is 10.1. The van der Waals surface area contributed by atoms with Gasteiger partial charge < -0.3 is 14.6 Å². The first kappa shape index (κ1) is 34.5. The topological polar surface area (TPSA) is 75.4 Å². The van der Waals surface area contributed by atoms with Gasteiger partial charge in [-0.3, -0.25) is 4.79 Å². The zero-order chi connectivity index (χ0) is 34.5. The smallest absolute Gasteiger partial charge is 0.354 e. The minimum absolute atomic E-state index is 0.0162. The molecule has 1 N–H and O–H groups in total. The molecule has 3 heterocycles. The van der Waals surface area contributed by atoms with Crippen LogP contribution in [0, 0.1) is 30.0 Å². The summed E-state index contributed by atoms with van der Waals surface area (Å²) < 4.78 is 17.5. The molecule has 48 heavy (non-hydrogen) atoms. The molecular formula is C39H45ClFN3O3S. The van der Waals surface area contributed by atoms with Crippen molar-refractivity contribution in [1.29, 1.82) is 0 Å². The number of anilines is 1. The fraction of sp³-hybridized carbons (Fsp3) is 0.462. The molecule has 2 aliphatic rings. The predicted molar refractivity (Wildman–Crippen MR) is 192 cm³/mol. The third-order valence-corrected chi connectivity index (χ3v) is 12.9. The highest BCUT2D eigenvalue weighted by Crippen LogP contribution is 2.56. The number of rotatable bonds is 12. The van der Waals surface area contributed by atoms with E-state index >= 15 is 4.39 Å². The highest BCUT2D eigenvalue weighted by atomic mass is 35.5. The first-order chi connectivity index (χ1) is 22.8. The fourth-order valence-corrected chi connectivity index (χ4v) is 8.79. The van der Waals surface area contributed by atoms with Crippen molar-refractivity contribution in [2.45, 2.75) is 102 Å². The van der Waals surface area contributed by atoms with Gasteiger partial charge in [-0.1, -0.05) is 89.0 Å². The largest absolute Gasteiger partial charge is 0.477 e. The second-order valence-electron chi connectivity index (χ2n) is 14.5. The number of carbonyl (C=O) groups excluding carboxylic acids is 1. The molecule has 1 fully saturated rings. The molecule has 2 aromatic heterocycles. The van der Waals surface area contributed by atoms with Crippen LogP contribution in [0.15, 0.2) is 58.5 Å². The molecule has 1 aliphatic heterocycles. The van der Waals surface area contributed by atoms with Gasteiger partial charge in [-0.05, 0) is 91.3 Å². The molecule has 0 saturated heterocycles. The lowest BCUT2D eigenvalue weighted by atomic mass is 9.69. The Hall–Kier alpha value is -3.36. The number of aromatic carboxylic acids is 1. The molecule has 6 nitrogen and oxygen atoms in total. The maximum atomic E-state index is 15.8. The van der Waals surface area contributed by atoms with Crippen LogP contribution in [0.3, 0.4) is 0 Å². The number of aryl methyl sites for hydroxylation is 1. The lowest BCUT2D eigenvalue weighted by molar-refractivity contribution is -0.119. The quantitative estimate of drug-likeness (QED) is 0.160. The number of para-hydroxylation sites is 1. The van der Waals surface area contributed by atoms with E-state index in [1.807, 2.05) is 36.1 Å². The van der Waals surface area contributed by atoms with Crippen LogP contribution in [-0.2, 0) is 23.2 Å². The minimum Gasteiger partial charge on any atom is -0.477 e. The number of fused-ring (bicyclic) bond motifs is 3. The first-order valence-electron chi connectivity index (χ1n) is 17.1. The fourth-order valence-electron chi connectivity index (χ4n) is 7.54. The summed E-state index contributed by atoms with van der Waals surface area (Å²) in [4.78, 5) is 33.2. The van der Waals surface area contributed by atoms with E-state index in [9.17, 15) is 14.7 Å². The number of amides is 1. The van der Waals surface area contributed by atoms with Gasteiger partial charge in [0.1, 0.15) is 17.3 Å². The van der Waals surface area contributed by atoms with Crippen molar-refractivity contribution in [3.05, 3.63) is 81.9 Å². The van der Waals surface area contributed by atoms with Crippen molar-refractivity contribution in [1.82, 2.24) is 9.55 Å². The standard InChI is InChI=1S/C39H45ClFN3O3S/c1-7-26(23(3)38(5,6)8-2)14-13-25-19-30(37(46)47)42-32(20-25)48-36-24(4)43(35-27(36)15-16-29(40)34(35)41)21-33(45)44-22-39(17-18-39)28-11-9-10-12-31(28)44/h9-12,15-16,19-20,23,26H,7-8,13-14,17-18,21-22H2,1-6H3,(H,46,47). The van der Waals surface area contributed by atoms with Gasteiger partial charge >= 0.3 is 5.97 Å². The summed E-state index contributed by atoms with van der Waals surface area (Å²) in [7, 11) is 0. The number of benzene rings is 2. The normalized spacial score (nSPS) is 16.4. The Morgan fingerprint density at radius 2 is 1.88 bits per heavy atom. The van der Waals surface area contributed by atoms with Crippen molar-refractivity contribution in [3.63, 3.8) is 0 Å². The molecule has 6 rings (SSSR count). The van der Waals surface area contributed by atoms with Crippen LogP contribution in [0.1, 0.15) is 94.0 Å². The van der Waals surface area contributed by atoms with E-state index in [1.54, 1.807) is 16.7 Å². The second kappa shape index (κ2) is 13.2. The van der Waals surface area contributed by atoms with E-state index in [1.165, 1.54) is 23.4 Å². The van der Waals surface area contributed by atoms with Gasteiger partial charge in [0, 0.05) is 33.6 Å². The third-order valence-electron chi connectivity index (χ3n) is 11.5. The summed E-state index contributed by atoms with van der Waals surface area (Å²) in [5.41, 5.74) is 4.26. The van der Waals surface area contributed by atoms with Gasteiger partial charge in [0.25, 0.3) is 0 Å². The van der Waals surface area contributed by atoms with E-state index in [4.69, 9.17) is 11.6 Å². The summed E-state index contributed by atoms with van der Waals surface area (Å²) in [6.45, 7) is 13.9. The van der Waals surface area contributed by atoms with Crippen LogP contribution < -0.4 is 4.90 Å². The molecule has 254 valence electrons. The second-order valence-corrected chi connectivity index (χ2v) is 15.9. The highest BCUT2D eigenvalue weighted by molar-refractivity contribution is 7.99. The molecule has 2 unspecified atom stereocenters. The van der Waals surface area contributed by atoms with E-state index in [0.717, 1.165) is 54.7 Å². The average molecular weight is 690 g/mol. The zero-order valence-corrected chi connectivity index (χ0v) is 30.3. The van der Waals surface area contributed by atoms with E-state index in [0.29, 0.717) is 34.5 Å². The van der Waals surface area contributed by atoms with Crippen LogP contribution in [0.25, 0.3) is 10.9 Å². The SMILES string of the molecule is CCC(CCc1cc(Sc2c(C)n(CC(=O)N3CC4(CC4)c4ccccc43)c3c(F)c(Cl)ccc23)nc(C(=O)O)c1)C(C)C(C)(C)CC. The Bertz CT molecular complexity index is 1900. The summed E-state index contributed by atoms with van der Waals surface area (Å²) in [6.07, 6.45) is 5.95. The Morgan fingerprint density at radius 3 is 2.54 bits per heavy atom. The number of carboxylic acids is 1. The van der Waals surface area contributed by atoms with Gasteiger partial charge in [-0.15, -0.1) is 0 Å². The summed E-state index contributed by atoms with van der Waals surface area (Å²) in [6, 6.07) is 15.0. The molecular weight excluding hydrogens is 645 g/mol. The van der Waals surface area contributed by atoms with Gasteiger partial charge in [0.15, 0.2) is 5.82 Å². The number of aromatic nitrogens is 2. The molecule has 0 bridgehead atoms. The summed E-state index contributed by atoms with van der Waals surface area (Å²) in [5.74, 6) is -0.765. The molecule has 1 saturated carbocycles. The third kappa shape index (κ3) is 6.26. The maximum Gasteiger partial charge on any atom is 0.354 e. The molecule has 2 atom stereocenters. The van der Waals surface area contributed by atoms with E-state index < -0.39 is 11.8 Å². The molecule has 1 amide bonds. The van der Waals surface area contributed by atoms with Crippen molar-refractivity contribution < 1.29 is 19.1 Å². The summed E-state index contributed by atoms with van der Waals surface area (Å²) in [5, 5.41) is 11.1. The monoisotopic (exact) mass is 689 g/mol. The number of hydrogen-bond donors (Lipinski definition) is 1. The molecule has 2 aromatic carbocycles. The van der Waals surface area contributed by atoms with Crippen LogP contribution in [0.5, 0.6) is 0 Å². The van der Waals surface area contributed by atoms with Gasteiger partial charge in [-0.2, -0.15) is 0 Å². The number of carbonyl (C=O) groups is 2. The molecule has 1 aliphatic carbocycles.